The third-order valence-electron chi connectivity index (χ3n) is 5.01. The van der Waals surface area contributed by atoms with Crippen LogP contribution in [-0.4, -0.2) is 90.6 Å². The zero-order valence-corrected chi connectivity index (χ0v) is 15.2. The summed E-state index contributed by atoms with van der Waals surface area (Å²) >= 11 is 0. The van der Waals surface area contributed by atoms with Crippen LogP contribution in [-0.2, 0) is 24.3 Å². The van der Waals surface area contributed by atoms with Crippen LogP contribution in [0, 0.1) is 0 Å². The Balaban J connectivity index is 1.64. The summed E-state index contributed by atoms with van der Waals surface area (Å²) in [6.07, 6.45) is 0.829. The minimum atomic E-state index is -5.18. The van der Waals surface area contributed by atoms with Gasteiger partial charge in [0.05, 0.1) is 13.2 Å². The summed E-state index contributed by atoms with van der Waals surface area (Å²) in [5, 5.41) is -0.114. The number of alkyl halides is 2. The average molecular weight is 414 g/mol. The third kappa shape index (κ3) is 4.13. The van der Waals surface area contributed by atoms with Crippen LogP contribution >= 0.6 is 0 Å². The number of halogens is 2. The molecule has 11 nitrogen and oxygen atoms in total. The Morgan fingerprint density at radius 3 is 2.74 bits per heavy atom. The molecular formula is C13H20F2N4O7S. The first kappa shape index (κ1) is 20.1. The first-order valence-corrected chi connectivity index (χ1v) is 9.62. The van der Waals surface area contributed by atoms with E-state index in [0.29, 0.717) is 0 Å². The molecule has 0 spiro atoms. The molecule has 27 heavy (non-hydrogen) atoms. The second-order valence-corrected chi connectivity index (χ2v) is 7.82. The third-order valence-corrected chi connectivity index (χ3v) is 5.36. The number of fused-ring (bicyclic) bond motifs is 2. The number of carbonyl (C=O) groups excluding carboxylic acids is 2. The van der Waals surface area contributed by atoms with Gasteiger partial charge in [-0.25, -0.2) is 19.1 Å². The lowest BCUT2D eigenvalue weighted by Gasteiger charge is -2.34. The van der Waals surface area contributed by atoms with Crippen LogP contribution in [0.5, 0.6) is 0 Å². The highest BCUT2D eigenvalue weighted by atomic mass is 32.3. The van der Waals surface area contributed by atoms with Gasteiger partial charge in [0.2, 0.25) is 0 Å². The zero-order valence-electron chi connectivity index (χ0n) is 14.4. The fourth-order valence-corrected chi connectivity index (χ4v) is 3.93. The zero-order chi connectivity index (χ0) is 20.0. The van der Waals surface area contributed by atoms with Crippen LogP contribution in [0.2, 0.25) is 0 Å². The summed E-state index contributed by atoms with van der Waals surface area (Å²) in [7, 11) is -3.28. The van der Waals surface area contributed by atoms with Crippen LogP contribution in [0.3, 0.4) is 0 Å². The quantitative estimate of drug-likeness (QED) is 0.435. The molecule has 14 heteroatoms. The summed E-state index contributed by atoms with van der Waals surface area (Å²) in [6, 6.07) is -4.68. The first-order chi connectivity index (χ1) is 12.5. The van der Waals surface area contributed by atoms with Crippen LogP contribution < -0.4 is 5.48 Å². The molecule has 3 atom stereocenters. The van der Waals surface area contributed by atoms with Gasteiger partial charge in [-0.3, -0.25) is 14.2 Å². The highest BCUT2D eigenvalue weighted by Crippen LogP contribution is 2.41. The predicted molar refractivity (Wildman–Crippen MR) is 83.5 cm³/mol. The Morgan fingerprint density at radius 2 is 2.15 bits per heavy atom. The van der Waals surface area contributed by atoms with E-state index in [1.54, 1.807) is 0 Å². The minimum absolute atomic E-state index is 0.0922. The van der Waals surface area contributed by atoms with Gasteiger partial charge < -0.3 is 9.80 Å². The molecule has 0 aromatic rings. The highest BCUT2D eigenvalue weighted by Gasteiger charge is 2.62. The van der Waals surface area contributed by atoms with E-state index in [2.05, 4.69) is 9.76 Å². The standard InChI is InChI=1S/C13H20F2N4O7S/c1-17-4-2-3-8(17)7-25-16-11(20)9-5-13(14,15)10-6-18(9)12(21)19(10)26-27(22,23)24/h8-10H,2-7H2,1H3,(H,16,20)(H,22,23,24)/t8?,9-,10?/m0/s1. The van der Waals surface area contributed by atoms with Crippen molar-refractivity contribution >= 4 is 22.3 Å². The Hall–Kier alpha value is -1.61. The maximum absolute atomic E-state index is 14.3. The van der Waals surface area contributed by atoms with E-state index in [4.69, 9.17) is 9.39 Å². The van der Waals surface area contributed by atoms with Gasteiger partial charge >= 0.3 is 16.4 Å². The predicted octanol–water partition coefficient (Wildman–Crippen LogP) is -0.623. The molecule has 3 saturated heterocycles. The van der Waals surface area contributed by atoms with Gasteiger partial charge in [-0.1, -0.05) is 0 Å². The van der Waals surface area contributed by atoms with E-state index in [1.807, 2.05) is 11.9 Å². The van der Waals surface area contributed by atoms with E-state index in [-0.39, 0.29) is 17.7 Å². The monoisotopic (exact) mass is 414 g/mol. The minimum Gasteiger partial charge on any atom is -0.308 e. The fraction of sp³-hybridized carbons (Fsp3) is 0.846. The van der Waals surface area contributed by atoms with Gasteiger partial charge in [0.1, 0.15) is 12.1 Å². The molecule has 154 valence electrons. The van der Waals surface area contributed by atoms with Gasteiger partial charge in [0.25, 0.3) is 11.8 Å². The maximum Gasteiger partial charge on any atom is 0.418 e. The summed E-state index contributed by atoms with van der Waals surface area (Å²) in [4.78, 5) is 32.4. The van der Waals surface area contributed by atoms with Crippen LogP contribution in [0.15, 0.2) is 0 Å². The normalized spacial score (nSPS) is 30.8. The van der Waals surface area contributed by atoms with E-state index in [0.717, 1.165) is 24.3 Å². The molecular weight excluding hydrogens is 394 g/mol. The Labute approximate surface area is 154 Å². The number of hydrogen-bond donors (Lipinski definition) is 2. The highest BCUT2D eigenvalue weighted by molar-refractivity contribution is 7.80. The SMILES string of the molecule is CN1CCCC1CONC(=O)[C@@H]1CC(F)(F)C2CN1C(=O)N2OS(=O)(=O)O. The molecule has 0 aliphatic carbocycles. The van der Waals surface area contributed by atoms with Gasteiger partial charge in [-0.2, -0.15) is 13.5 Å². The van der Waals surface area contributed by atoms with E-state index in [1.165, 1.54) is 0 Å². The summed E-state index contributed by atoms with van der Waals surface area (Å²) in [5.41, 5.74) is 2.08. The van der Waals surface area contributed by atoms with Crippen molar-refractivity contribution in [3.05, 3.63) is 0 Å². The molecule has 3 fully saturated rings. The van der Waals surface area contributed by atoms with E-state index >= 15 is 0 Å². The van der Waals surface area contributed by atoms with Crippen LogP contribution in [0.4, 0.5) is 13.6 Å². The van der Waals surface area contributed by atoms with Gasteiger partial charge in [0, 0.05) is 12.5 Å². The molecule has 3 heterocycles. The number of piperidine rings is 1. The summed E-state index contributed by atoms with van der Waals surface area (Å²) in [5.74, 6) is -4.56. The topological polar surface area (TPSA) is 129 Å². The maximum atomic E-state index is 14.3. The molecule has 0 aromatic carbocycles. The van der Waals surface area contributed by atoms with Crippen LogP contribution in [0.25, 0.3) is 0 Å². The summed E-state index contributed by atoms with van der Waals surface area (Å²) < 4.78 is 62.9. The molecule has 0 aromatic heterocycles. The Bertz CT molecular complexity index is 721. The van der Waals surface area contributed by atoms with Crippen LogP contribution in [0.1, 0.15) is 19.3 Å². The molecule has 2 bridgehead atoms. The number of likely N-dealkylation sites (N-methyl/N-ethyl adjacent to an activating group) is 1. The second-order valence-electron chi connectivity index (χ2n) is 6.81. The number of rotatable bonds is 6. The number of hydrogen-bond acceptors (Lipinski definition) is 7. The van der Waals surface area contributed by atoms with Crippen molar-refractivity contribution in [1.29, 1.82) is 0 Å². The van der Waals surface area contributed by atoms with Gasteiger partial charge in [0.15, 0.2) is 0 Å². The molecule has 0 saturated carbocycles. The van der Waals surface area contributed by atoms with Gasteiger partial charge in [-0.15, -0.1) is 4.28 Å². The lowest BCUT2D eigenvalue weighted by Crippen LogP contribution is -2.56. The fourth-order valence-electron chi connectivity index (χ4n) is 3.55. The second kappa shape index (κ2) is 7.09. The van der Waals surface area contributed by atoms with Crippen molar-refractivity contribution in [2.75, 3.05) is 26.7 Å². The number of urea groups is 1. The smallest absolute Gasteiger partial charge is 0.308 e. The lowest BCUT2D eigenvalue weighted by atomic mass is 9.96. The largest absolute Gasteiger partial charge is 0.418 e. The number of nitrogens with zero attached hydrogens (tertiary/aromatic N) is 3. The Morgan fingerprint density at radius 1 is 1.44 bits per heavy atom. The molecule has 0 radical (unpaired) electrons. The number of likely N-dealkylation sites (tertiary alicyclic amines) is 1. The van der Waals surface area contributed by atoms with E-state index < -0.39 is 53.3 Å². The number of amides is 3. The average Bonchev–Trinajstić information content (AvgIpc) is 3.07. The van der Waals surface area contributed by atoms with Crippen molar-refractivity contribution in [2.24, 2.45) is 0 Å². The van der Waals surface area contributed by atoms with Crippen molar-refractivity contribution in [3.63, 3.8) is 0 Å². The van der Waals surface area contributed by atoms with Gasteiger partial charge in [-0.05, 0) is 26.4 Å². The van der Waals surface area contributed by atoms with Crippen molar-refractivity contribution in [2.45, 2.75) is 43.3 Å². The number of hydroxylamine groups is 3. The first-order valence-electron chi connectivity index (χ1n) is 8.26. The Kier molecular flexibility index (Phi) is 5.28. The molecule has 3 aliphatic heterocycles. The molecule has 3 rings (SSSR count). The number of carbonyl (C=O) groups is 2. The molecule has 3 amide bonds. The van der Waals surface area contributed by atoms with Crippen molar-refractivity contribution < 1.29 is 40.5 Å². The van der Waals surface area contributed by atoms with Crippen molar-refractivity contribution in [3.8, 4) is 0 Å². The number of nitrogens with one attached hydrogen (secondary N) is 1. The molecule has 2 unspecified atom stereocenters. The lowest BCUT2D eigenvalue weighted by molar-refractivity contribution is -0.159. The van der Waals surface area contributed by atoms with E-state index in [9.17, 15) is 26.8 Å². The molecule has 3 aliphatic rings. The molecule has 2 N–H and O–H groups in total. The summed E-state index contributed by atoms with van der Waals surface area (Å²) in [6.45, 7) is 0.425. The van der Waals surface area contributed by atoms with Crippen molar-refractivity contribution in [1.82, 2.24) is 20.3 Å².